The van der Waals surface area contributed by atoms with Crippen LogP contribution in [0.3, 0.4) is 0 Å². The van der Waals surface area contributed by atoms with Crippen molar-refractivity contribution in [3.05, 3.63) is 35.4 Å². The first-order chi connectivity index (χ1) is 8.03. The molecule has 0 spiro atoms. The summed E-state index contributed by atoms with van der Waals surface area (Å²) in [6.07, 6.45) is 4.26. The van der Waals surface area contributed by atoms with Crippen LogP contribution >= 0.6 is 0 Å². The van der Waals surface area contributed by atoms with Gasteiger partial charge < -0.3 is 14.9 Å². The zero-order valence-corrected chi connectivity index (χ0v) is 9.30. The van der Waals surface area contributed by atoms with Crippen molar-refractivity contribution in [2.24, 2.45) is 0 Å². The maximum Gasteiger partial charge on any atom is 0.303 e. The number of hydrogen-bond acceptors (Lipinski definition) is 4. The Morgan fingerprint density at radius 3 is 2.82 bits per heavy atom. The number of rotatable bonds is 1. The molecule has 0 saturated carbocycles. The summed E-state index contributed by atoms with van der Waals surface area (Å²) in [7, 11) is 0. The van der Waals surface area contributed by atoms with Gasteiger partial charge in [0.25, 0.3) is 0 Å². The predicted octanol–water partition coefficient (Wildman–Crippen LogP) is 1.91. The lowest BCUT2D eigenvalue weighted by Gasteiger charge is -2.26. The quantitative estimate of drug-likeness (QED) is 0.441. The predicted molar refractivity (Wildman–Crippen MR) is 59.7 cm³/mol. The van der Waals surface area contributed by atoms with Crippen molar-refractivity contribution in [1.29, 1.82) is 0 Å². The van der Waals surface area contributed by atoms with Crippen molar-refractivity contribution in [3.63, 3.8) is 0 Å². The van der Waals surface area contributed by atoms with E-state index in [1.807, 2.05) is 6.08 Å². The highest BCUT2D eigenvalue weighted by Gasteiger charge is 2.51. The highest BCUT2D eigenvalue weighted by Crippen LogP contribution is 2.58. The molecule has 0 radical (unpaired) electrons. The lowest BCUT2D eigenvalue weighted by Crippen LogP contribution is -2.25. The van der Waals surface area contributed by atoms with Crippen molar-refractivity contribution in [1.82, 2.24) is 0 Å². The fourth-order valence-electron chi connectivity index (χ4n) is 2.92. The fourth-order valence-corrected chi connectivity index (χ4v) is 2.92. The number of phenolic OH excluding ortho intramolecular Hbond substituents is 2. The van der Waals surface area contributed by atoms with E-state index >= 15 is 0 Å². The minimum absolute atomic E-state index is 0.0106. The van der Waals surface area contributed by atoms with E-state index in [1.165, 1.54) is 19.1 Å². The summed E-state index contributed by atoms with van der Waals surface area (Å²) in [5.74, 6) is -0.186. The Kier molecular flexibility index (Phi) is 1.82. The van der Waals surface area contributed by atoms with Crippen LogP contribution < -0.4 is 0 Å². The molecule has 2 N–H and O–H groups in total. The molecular weight excluding hydrogens is 220 g/mol. The van der Waals surface area contributed by atoms with Gasteiger partial charge in [0.1, 0.15) is 11.5 Å². The molecule has 2 atom stereocenters. The van der Waals surface area contributed by atoms with Crippen LogP contribution in [0.2, 0.25) is 0 Å². The molecule has 0 saturated heterocycles. The van der Waals surface area contributed by atoms with Crippen LogP contribution in [0, 0.1) is 0 Å². The topological polar surface area (TPSA) is 66.8 Å². The molecule has 1 aromatic carbocycles. The normalized spacial score (nSPS) is 28.2. The number of phenols is 2. The van der Waals surface area contributed by atoms with Crippen LogP contribution in [-0.2, 0) is 15.1 Å². The van der Waals surface area contributed by atoms with Gasteiger partial charge in [-0.05, 0) is 18.2 Å². The number of benzene rings is 1. The highest BCUT2D eigenvalue weighted by atomic mass is 16.6. The van der Waals surface area contributed by atoms with Crippen molar-refractivity contribution in [2.45, 2.75) is 24.9 Å². The summed E-state index contributed by atoms with van der Waals surface area (Å²) in [5.41, 5.74) is 0.309. The molecule has 1 aromatic rings. The standard InChI is InChI=1S/C13H12O4/c1-7(14)17-13-5-4-8(6-13)11-9(15)2-3-10(16)12(11)13/h2-5,8,15-16H,6H2,1H3/t8-,13+/m0/s1. The summed E-state index contributed by atoms with van der Waals surface area (Å²) in [5, 5.41) is 19.8. The van der Waals surface area contributed by atoms with Gasteiger partial charge in [-0.3, -0.25) is 4.79 Å². The Morgan fingerprint density at radius 1 is 1.41 bits per heavy atom. The van der Waals surface area contributed by atoms with E-state index in [9.17, 15) is 15.0 Å². The van der Waals surface area contributed by atoms with Crippen LogP contribution in [0.1, 0.15) is 30.4 Å². The zero-order valence-electron chi connectivity index (χ0n) is 9.30. The molecule has 0 aliphatic heterocycles. The molecule has 0 fully saturated rings. The van der Waals surface area contributed by atoms with Gasteiger partial charge in [-0.25, -0.2) is 0 Å². The van der Waals surface area contributed by atoms with Gasteiger partial charge in [0.05, 0.1) is 0 Å². The second-order valence-electron chi connectivity index (χ2n) is 4.55. The molecule has 0 amide bonds. The molecule has 2 aliphatic rings. The minimum atomic E-state index is -0.894. The van der Waals surface area contributed by atoms with Crippen molar-refractivity contribution in [3.8, 4) is 11.5 Å². The van der Waals surface area contributed by atoms with Crippen LogP contribution in [0.4, 0.5) is 0 Å². The Morgan fingerprint density at radius 2 is 2.12 bits per heavy atom. The molecule has 4 heteroatoms. The van der Waals surface area contributed by atoms with E-state index in [4.69, 9.17) is 4.74 Å². The SMILES string of the molecule is CC(=O)O[C@]12C=C[C@@H](C1)c1c(O)ccc(O)c12. The molecule has 0 aromatic heterocycles. The average molecular weight is 232 g/mol. The van der Waals surface area contributed by atoms with E-state index < -0.39 is 11.6 Å². The summed E-state index contributed by atoms with van der Waals surface area (Å²) < 4.78 is 5.36. The number of hydrogen-bond donors (Lipinski definition) is 2. The van der Waals surface area contributed by atoms with E-state index in [-0.39, 0.29) is 17.4 Å². The number of fused-ring (bicyclic) bond motifs is 5. The molecule has 88 valence electrons. The first kappa shape index (κ1) is 10.2. The summed E-state index contributed by atoms with van der Waals surface area (Å²) in [6.45, 7) is 1.34. The molecule has 0 unspecified atom stereocenters. The summed E-state index contributed by atoms with van der Waals surface area (Å²) in [4.78, 5) is 11.2. The maximum atomic E-state index is 11.2. The van der Waals surface area contributed by atoms with Crippen LogP contribution in [0.5, 0.6) is 11.5 Å². The molecule has 4 nitrogen and oxygen atoms in total. The molecule has 3 rings (SSSR count). The third-order valence-electron chi connectivity index (χ3n) is 3.44. The minimum Gasteiger partial charge on any atom is -0.508 e. The first-order valence-corrected chi connectivity index (χ1v) is 5.48. The number of carbonyl (C=O) groups is 1. The number of ether oxygens (including phenoxy) is 1. The molecule has 0 heterocycles. The van der Waals surface area contributed by atoms with E-state index in [2.05, 4.69) is 0 Å². The highest BCUT2D eigenvalue weighted by molar-refractivity contribution is 5.70. The lowest BCUT2D eigenvalue weighted by atomic mass is 9.92. The number of allylic oxidation sites excluding steroid dienone is 1. The summed E-state index contributed by atoms with van der Waals surface area (Å²) >= 11 is 0. The second-order valence-corrected chi connectivity index (χ2v) is 4.55. The Balaban J connectivity index is 2.22. The Labute approximate surface area is 98.1 Å². The van der Waals surface area contributed by atoms with Gasteiger partial charge in [0.15, 0.2) is 5.60 Å². The third-order valence-corrected chi connectivity index (χ3v) is 3.44. The monoisotopic (exact) mass is 232 g/mol. The average Bonchev–Trinajstić information content (AvgIpc) is 2.78. The van der Waals surface area contributed by atoms with Crippen LogP contribution in [0.25, 0.3) is 0 Å². The number of esters is 1. The second kappa shape index (κ2) is 3.03. The molecular formula is C13H12O4. The zero-order chi connectivity index (χ0) is 12.2. The summed E-state index contributed by atoms with van der Waals surface area (Å²) in [6, 6.07) is 2.89. The largest absolute Gasteiger partial charge is 0.508 e. The van der Waals surface area contributed by atoms with Crippen LogP contribution in [-0.4, -0.2) is 16.2 Å². The maximum absolute atomic E-state index is 11.2. The van der Waals surface area contributed by atoms with Gasteiger partial charge >= 0.3 is 5.97 Å². The number of aromatic hydroxyl groups is 2. The van der Waals surface area contributed by atoms with Crippen LogP contribution in [0.15, 0.2) is 24.3 Å². The molecule has 2 bridgehead atoms. The van der Waals surface area contributed by atoms with E-state index in [0.29, 0.717) is 17.5 Å². The fraction of sp³-hybridized carbons (Fsp3) is 0.308. The van der Waals surface area contributed by atoms with Gasteiger partial charge in [-0.2, -0.15) is 0 Å². The van der Waals surface area contributed by atoms with E-state index in [1.54, 1.807) is 6.08 Å². The van der Waals surface area contributed by atoms with E-state index in [0.717, 1.165) is 0 Å². The van der Waals surface area contributed by atoms with Crippen molar-refractivity contribution < 1.29 is 19.7 Å². The van der Waals surface area contributed by atoms with Gasteiger partial charge in [-0.1, -0.05) is 6.08 Å². The number of carbonyl (C=O) groups excluding carboxylic acids is 1. The van der Waals surface area contributed by atoms with Gasteiger partial charge in [0, 0.05) is 30.4 Å². The Bertz CT molecular complexity index is 547. The lowest BCUT2D eigenvalue weighted by molar-refractivity contribution is -0.152. The van der Waals surface area contributed by atoms with Crippen molar-refractivity contribution in [2.75, 3.05) is 0 Å². The third kappa shape index (κ3) is 1.21. The molecule has 2 aliphatic carbocycles. The smallest absolute Gasteiger partial charge is 0.303 e. The molecule has 17 heavy (non-hydrogen) atoms. The van der Waals surface area contributed by atoms with Gasteiger partial charge in [0.2, 0.25) is 0 Å². The first-order valence-electron chi connectivity index (χ1n) is 5.48. The Hall–Kier alpha value is -1.97. The van der Waals surface area contributed by atoms with Crippen molar-refractivity contribution >= 4 is 5.97 Å². The van der Waals surface area contributed by atoms with Gasteiger partial charge in [-0.15, -0.1) is 0 Å².